The van der Waals surface area contributed by atoms with Crippen LogP contribution < -0.4 is 9.47 Å². The molecule has 140 valence electrons. The SMILES string of the molecule is O=Cc1cc(OCc2ccc(C(F)(F)F)cc2F)cc(OC(F)(F)F)c1. The maximum Gasteiger partial charge on any atom is 0.573 e. The Morgan fingerprint density at radius 2 is 1.58 bits per heavy atom. The molecule has 0 heterocycles. The van der Waals surface area contributed by atoms with E-state index in [1.165, 1.54) is 0 Å². The van der Waals surface area contributed by atoms with Crippen molar-refractivity contribution in [3.63, 3.8) is 0 Å². The predicted molar refractivity (Wildman–Crippen MR) is 74.2 cm³/mol. The number of carbonyl (C=O) groups is 1. The molecule has 0 aromatic heterocycles. The highest BCUT2D eigenvalue weighted by Gasteiger charge is 2.32. The van der Waals surface area contributed by atoms with Crippen LogP contribution in [0.15, 0.2) is 36.4 Å². The van der Waals surface area contributed by atoms with Crippen molar-refractivity contribution in [1.82, 2.24) is 0 Å². The van der Waals surface area contributed by atoms with E-state index >= 15 is 0 Å². The van der Waals surface area contributed by atoms with Crippen LogP contribution >= 0.6 is 0 Å². The molecule has 0 atom stereocenters. The molecule has 2 aromatic rings. The minimum absolute atomic E-state index is 0.199. The number of hydrogen-bond acceptors (Lipinski definition) is 3. The fourth-order valence-corrected chi connectivity index (χ4v) is 1.94. The van der Waals surface area contributed by atoms with Gasteiger partial charge in [-0.3, -0.25) is 4.79 Å². The van der Waals surface area contributed by atoms with Gasteiger partial charge < -0.3 is 9.47 Å². The van der Waals surface area contributed by atoms with Gasteiger partial charge in [0.15, 0.2) is 0 Å². The van der Waals surface area contributed by atoms with Crippen LogP contribution in [0, 0.1) is 5.82 Å². The van der Waals surface area contributed by atoms with E-state index < -0.39 is 36.3 Å². The average molecular weight is 382 g/mol. The summed E-state index contributed by atoms with van der Waals surface area (Å²) < 4.78 is 96.7. The van der Waals surface area contributed by atoms with Gasteiger partial charge in [0.25, 0.3) is 0 Å². The zero-order valence-electron chi connectivity index (χ0n) is 12.6. The molecule has 10 heteroatoms. The Bertz CT molecular complexity index is 797. The van der Waals surface area contributed by atoms with E-state index in [0.717, 1.165) is 24.3 Å². The molecule has 26 heavy (non-hydrogen) atoms. The maximum atomic E-state index is 13.7. The number of hydrogen-bond donors (Lipinski definition) is 0. The molecule has 0 spiro atoms. The van der Waals surface area contributed by atoms with Crippen LogP contribution in [0.5, 0.6) is 11.5 Å². The zero-order valence-corrected chi connectivity index (χ0v) is 12.6. The lowest BCUT2D eigenvalue weighted by Crippen LogP contribution is -2.17. The average Bonchev–Trinajstić information content (AvgIpc) is 2.50. The van der Waals surface area contributed by atoms with Crippen LogP contribution in [-0.2, 0) is 12.8 Å². The smallest absolute Gasteiger partial charge is 0.489 e. The van der Waals surface area contributed by atoms with Crippen molar-refractivity contribution in [3.8, 4) is 11.5 Å². The quantitative estimate of drug-likeness (QED) is 0.531. The lowest BCUT2D eigenvalue weighted by atomic mass is 10.1. The summed E-state index contributed by atoms with van der Waals surface area (Å²) in [6.45, 7) is -0.572. The first kappa shape index (κ1) is 19.5. The number of rotatable bonds is 5. The molecule has 0 amide bonds. The molecule has 2 aromatic carbocycles. The fourth-order valence-electron chi connectivity index (χ4n) is 1.94. The summed E-state index contributed by atoms with van der Waals surface area (Å²) in [6.07, 6.45) is -9.48. The number of aldehydes is 1. The van der Waals surface area contributed by atoms with Crippen LogP contribution in [0.3, 0.4) is 0 Å². The zero-order chi connectivity index (χ0) is 19.5. The summed E-state index contributed by atoms with van der Waals surface area (Å²) in [5.74, 6) is -2.18. The fraction of sp³-hybridized carbons (Fsp3) is 0.188. The van der Waals surface area contributed by atoms with Crippen molar-refractivity contribution in [2.45, 2.75) is 19.1 Å². The third-order valence-electron chi connectivity index (χ3n) is 3.05. The van der Waals surface area contributed by atoms with Crippen LogP contribution in [-0.4, -0.2) is 12.6 Å². The standard InChI is InChI=1S/C16H9F7O3/c17-14-5-11(15(18,19)20)2-1-10(14)8-25-12-3-9(7-24)4-13(6-12)26-16(21,22)23/h1-7H,8H2. The number of carbonyl (C=O) groups excluding carboxylic acids is 1. The molecule has 0 aliphatic heterocycles. The van der Waals surface area contributed by atoms with Gasteiger partial charge in [0, 0.05) is 17.2 Å². The van der Waals surface area contributed by atoms with E-state index in [-0.39, 0.29) is 29.2 Å². The largest absolute Gasteiger partial charge is 0.573 e. The monoisotopic (exact) mass is 382 g/mol. The molecule has 2 rings (SSSR count). The molecule has 0 saturated heterocycles. The highest BCUT2D eigenvalue weighted by Crippen LogP contribution is 2.31. The van der Waals surface area contributed by atoms with E-state index in [1.54, 1.807) is 0 Å². The Hall–Kier alpha value is -2.78. The Labute approximate surface area is 141 Å². The van der Waals surface area contributed by atoms with Gasteiger partial charge in [0.1, 0.15) is 30.2 Å². The number of ether oxygens (including phenoxy) is 2. The highest BCUT2D eigenvalue weighted by atomic mass is 19.4. The third kappa shape index (κ3) is 5.36. The second kappa shape index (κ2) is 7.22. The van der Waals surface area contributed by atoms with Crippen molar-refractivity contribution in [1.29, 1.82) is 0 Å². The summed E-state index contributed by atoms with van der Waals surface area (Å²) in [6, 6.07) is 4.45. The normalized spacial score (nSPS) is 12.0. The Balaban J connectivity index is 2.19. The van der Waals surface area contributed by atoms with Gasteiger partial charge in [-0.2, -0.15) is 13.2 Å². The Kier molecular flexibility index (Phi) is 5.43. The molecule has 0 unspecified atom stereocenters. The topological polar surface area (TPSA) is 35.5 Å². The van der Waals surface area contributed by atoms with Crippen LogP contribution in [0.1, 0.15) is 21.5 Å². The van der Waals surface area contributed by atoms with Crippen molar-refractivity contribution in [2.24, 2.45) is 0 Å². The second-order valence-electron chi connectivity index (χ2n) is 5.00. The van der Waals surface area contributed by atoms with Crippen molar-refractivity contribution in [3.05, 3.63) is 58.9 Å². The molecule has 0 bridgehead atoms. The first-order valence-electron chi connectivity index (χ1n) is 6.82. The molecule has 0 N–H and O–H groups in total. The van der Waals surface area contributed by atoms with Crippen LogP contribution in [0.4, 0.5) is 30.7 Å². The summed E-state index contributed by atoms with van der Waals surface area (Å²) in [7, 11) is 0. The van der Waals surface area contributed by atoms with Gasteiger partial charge in [-0.05, 0) is 24.3 Å². The lowest BCUT2D eigenvalue weighted by molar-refractivity contribution is -0.274. The highest BCUT2D eigenvalue weighted by molar-refractivity contribution is 5.76. The third-order valence-corrected chi connectivity index (χ3v) is 3.05. The van der Waals surface area contributed by atoms with Crippen LogP contribution in [0.25, 0.3) is 0 Å². The van der Waals surface area contributed by atoms with Gasteiger partial charge in [-0.25, -0.2) is 4.39 Å². The molecule has 3 nitrogen and oxygen atoms in total. The van der Waals surface area contributed by atoms with Crippen molar-refractivity contribution in [2.75, 3.05) is 0 Å². The van der Waals surface area contributed by atoms with E-state index in [2.05, 4.69) is 4.74 Å². The first-order valence-corrected chi connectivity index (χ1v) is 6.82. The number of halogens is 7. The molecule has 0 aliphatic rings. The summed E-state index contributed by atoms with van der Waals surface area (Å²) in [4.78, 5) is 10.8. The Morgan fingerprint density at radius 3 is 2.12 bits per heavy atom. The summed E-state index contributed by atoms with van der Waals surface area (Å²) >= 11 is 0. The predicted octanol–water partition coefficient (Wildman–Crippen LogP) is 5.13. The van der Waals surface area contributed by atoms with E-state index in [0.29, 0.717) is 6.07 Å². The van der Waals surface area contributed by atoms with E-state index in [4.69, 9.17) is 4.74 Å². The van der Waals surface area contributed by atoms with Crippen LogP contribution in [0.2, 0.25) is 0 Å². The number of benzene rings is 2. The van der Waals surface area contributed by atoms with Gasteiger partial charge in [0.2, 0.25) is 0 Å². The number of alkyl halides is 6. The second-order valence-corrected chi connectivity index (χ2v) is 5.00. The molecular weight excluding hydrogens is 373 g/mol. The van der Waals surface area contributed by atoms with Gasteiger partial charge in [-0.1, -0.05) is 6.07 Å². The van der Waals surface area contributed by atoms with Gasteiger partial charge >= 0.3 is 12.5 Å². The van der Waals surface area contributed by atoms with Crippen molar-refractivity contribution >= 4 is 6.29 Å². The van der Waals surface area contributed by atoms with E-state index in [1.807, 2.05) is 0 Å². The van der Waals surface area contributed by atoms with E-state index in [9.17, 15) is 35.5 Å². The van der Waals surface area contributed by atoms with Gasteiger partial charge in [-0.15, -0.1) is 13.2 Å². The Morgan fingerprint density at radius 1 is 0.923 bits per heavy atom. The first-order chi connectivity index (χ1) is 12.0. The molecular formula is C16H9F7O3. The minimum atomic E-state index is -5.00. The summed E-state index contributed by atoms with van der Waals surface area (Å²) in [5.41, 5.74) is -1.65. The lowest BCUT2D eigenvalue weighted by Gasteiger charge is -2.13. The van der Waals surface area contributed by atoms with Crippen molar-refractivity contribution < 1.29 is 45.0 Å². The molecule has 0 fully saturated rings. The minimum Gasteiger partial charge on any atom is -0.489 e. The molecule has 0 radical (unpaired) electrons. The molecule has 0 saturated carbocycles. The molecule has 0 aliphatic carbocycles. The maximum absolute atomic E-state index is 13.7. The van der Waals surface area contributed by atoms with Gasteiger partial charge in [0.05, 0.1) is 5.56 Å². The summed E-state index contributed by atoms with van der Waals surface area (Å²) in [5, 5.41) is 0.